The molecule has 0 aliphatic carbocycles. The van der Waals surface area contributed by atoms with Gasteiger partial charge >= 0.3 is 0 Å². The summed E-state index contributed by atoms with van der Waals surface area (Å²) in [6.45, 7) is 1.89. The summed E-state index contributed by atoms with van der Waals surface area (Å²) >= 11 is 0. The zero-order valence-electron chi connectivity index (χ0n) is 10.8. The van der Waals surface area contributed by atoms with E-state index in [2.05, 4.69) is 22.4 Å². The van der Waals surface area contributed by atoms with Crippen molar-refractivity contribution in [3.8, 4) is 6.07 Å². The number of nitrogens with zero attached hydrogens (tertiary/aromatic N) is 2. The molecule has 2 aliphatic rings. The third kappa shape index (κ3) is 2.47. The number of benzene rings is 1. The molecule has 2 heterocycles. The molecule has 0 aromatic heterocycles. The van der Waals surface area contributed by atoms with Crippen molar-refractivity contribution in [2.75, 3.05) is 6.54 Å². The number of amides is 1. The molecule has 1 aromatic carbocycles. The summed E-state index contributed by atoms with van der Waals surface area (Å²) in [5.41, 5.74) is 1.89. The van der Waals surface area contributed by atoms with Crippen LogP contribution >= 0.6 is 0 Å². The largest absolute Gasteiger partial charge is 0.352 e. The molecule has 0 unspecified atom stereocenters. The third-order valence-corrected chi connectivity index (χ3v) is 4.12. The maximum Gasteiger partial charge on any atom is 0.220 e. The number of hydrogen-bond donors (Lipinski definition) is 1. The van der Waals surface area contributed by atoms with Crippen LogP contribution in [0.3, 0.4) is 0 Å². The van der Waals surface area contributed by atoms with Crippen LogP contribution in [-0.4, -0.2) is 29.4 Å². The molecular weight excluding hydrogens is 238 g/mol. The second-order valence-electron chi connectivity index (χ2n) is 5.35. The summed E-state index contributed by atoms with van der Waals surface area (Å²) in [6, 6.07) is 10.7. The van der Waals surface area contributed by atoms with Crippen LogP contribution in [0.1, 0.15) is 30.4 Å². The van der Waals surface area contributed by atoms with Gasteiger partial charge in [0.15, 0.2) is 0 Å². The Bertz CT molecular complexity index is 534. The maximum atomic E-state index is 11.4. The zero-order valence-corrected chi connectivity index (χ0v) is 10.8. The minimum absolute atomic E-state index is 0.189. The lowest BCUT2D eigenvalue weighted by Gasteiger charge is -2.32. The van der Waals surface area contributed by atoms with Crippen LogP contribution in [0.5, 0.6) is 0 Å². The van der Waals surface area contributed by atoms with Crippen LogP contribution in [-0.2, 0) is 11.3 Å². The van der Waals surface area contributed by atoms with Gasteiger partial charge in [-0.2, -0.15) is 5.26 Å². The Hall–Kier alpha value is -1.86. The molecule has 19 heavy (non-hydrogen) atoms. The fourth-order valence-corrected chi connectivity index (χ4v) is 3.20. The Morgan fingerprint density at radius 1 is 1.42 bits per heavy atom. The molecular formula is C15H17N3O. The first-order valence-corrected chi connectivity index (χ1v) is 6.79. The summed E-state index contributed by atoms with van der Waals surface area (Å²) in [7, 11) is 0. The minimum Gasteiger partial charge on any atom is -0.352 e. The molecule has 0 bridgehead atoms. The van der Waals surface area contributed by atoms with Gasteiger partial charge in [0, 0.05) is 31.6 Å². The quantitative estimate of drug-likeness (QED) is 0.869. The standard InChI is InChI=1S/C15H17N3O/c16-9-11-2-1-3-12(8-11)10-18-7-6-13-14(18)4-5-15(19)17-13/h1-3,8,13-14H,4-7,10H2,(H,17,19)/t13-,14-/m0/s1. The van der Waals surface area contributed by atoms with Crippen LogP contribution in [0.2, 0.25) is 0 Å². The number of piperidine rings is 1. The van der Waals surface area contributed by atoms with Crippen LogP contribution in [0.25, 0.3) is 0 Å². The van der Waals surface area contributed by atoms with E-state index in [9.17, 15) is 4.79 Å². The van der Waals surface area contributed by atoms with Crippen molar-refractivity contribution in [2.24, 2.45) is 0 Å². The number of nitrogens with one attached hydrogen (secondary N) is 1. The van der Waals surface area contributed by atoms with E-state index in [-0.39, 0.29) is 5.91 Å². The highest BCUT2D eigenvalue weighted by molar-refractivity contribution is 5.77. The molecule has 1 N–H and O–H groups in total. The second-order valence-corrected chi connectivity index (χ2v) is 5.35. The van der Waals surface area contributed by atoms with Crippen molar-refractivity contribution in [2.45, 2.75) is 37.9 Å². The maximum absolute atomic E-state index is 11.4. The van der Waals surface area contributed by atoms with Crippen molar-refractivity contribution in [3.63, 3.8) is 0 Å². The predicted octanol–water partition coefficient (Wildman–Crippen LogP) is 1.41. The highest BCUT2D eigenvalue weighted by atomic mass is 16.1. The molecule has 2 atom stereocenters. The van der Waals surface area contributed by atoms with Gasteiger partial charge in [-0.25, -0.2) is 0 Å². The van der Waals surface area contributed by atoms with Crippen LogP contribution in [0.4, 0.5) is 0 Å². The fourth-order valence-electron chi connectivity index (χ4n) is 3.20. The van der Waals surface area contributed by atoms with Crippen molar-refractivity contribution < 1.29 is 4.79 Å². The van der Waals surface area contributed by atoms with Crippen molar-refractivity contribution >= 4 is 5.91 Å². The molecule has 4 heteroatoms. The van der Waals surface area contributed by atoms with E-state index in [1.165, 1.54) is 5.56 Å². The number of nitriles is 1. The van der Waals surface area contributed by atoms with E-state index < -0.39 is 0 Å². The summed E-state index contributed by atoms with van der Waals surface area (Å²) in [5.74, 6) is 0.189. The molecule has 4 nitrogen and oxygen atoms in total. The average molecular weight is 255 g/mol. The van der Waals surface area contributed by atoms with Gasteiger partial charge in [0.2, 0.25) is 5.91 Å². The molecule has 1 aromatic rings. The highest BCUT2D eigenvalue weighted by Gasteiger charge is 2.37. The first kappa shape index (κ1) is 12.2. The molecule has 2 aliphatic heterocycles. The molecule has 0 saturated carbocycles. The van der Waals surface area contributed by atoms with Gasteiger partial charge in [0.25, 0.3) is 0 Å². The number of hydrogen-bond acceptors (Lipinski definition) is 3. The molecule has 0 spiro atoms. The lowest BCUT2D eigenvalue weighted by Crippen LogP contribution is -2.49. The van der Waals surface area contributed by atoms with Crippen LogP contribution in [0.15, 0.2) is 24.3 Å². The highest BCUT2D eigenvalue weighted by Crippen LogP contribution is 2.27. The average Bonchev–Trinajstić information content (AvgIpc) is 2.81. The monoisotopic (exact) mass is 255 g/mol. The molecule has 2 fully saturated rings. The molecule has 3 rings (SSSR count). The minimum atomic E-state index is 0.189. The van der Waals surface area contributed by atoms with Gasteiger partial charge in [0.05, 0.1) is 11.6 Å². The van der Waals surface area contributed by atoms with Gasteiger partial charge in [0.1, 0.15) is 0 Å². The van der Waals surface area contributed by atoms with Gasteiger partial charge < -0.3 is 5.32 Å². The number of likely N-dealkylation sites (tertiary alicyclic amines) is 1. The van der Waals surface area contributed by atoms with Crippen LogP contribution in [0, 0.1) is 11.3 Å². The van der Waals surface area contributed by atoms with Gasteiger partial charge in [-0.05, 0) is 30.5 Å². The van der Waals surface area contributed by atoms with E-state index in [0.717, 1.165) is 25.9 Å². The number of carbonyl (C=O) groups excluding carboxylic acids is 1. The van der Waals surface area contributed by atoms with E-state index in [0.29, 0.717) is 24.1 Å². The van der Waals surface area contributed by atoms with Crippen molar-refractivity contribution in [1.29, 1.82) is 5.26 Å². The normalized spacial score (nSPS) is 26.6. The van der Waals surface area contributed by atoms with Crippen molar-refractivity contribution in [1.82, 2.24) is 10.2 Å². The zero-order chi connectivity index (χ0) is 13.2. The summed E-state index contributed by atoms with van der Waals surface area (Å²) in [4.78, 5) is 13.8. The van der Waals surface area contributed by atoms with Gasteiger partial charge in [-0.1, -0.05) is 12.1 Å². The van der Waals surface area contributed by atoms with Gasteiger partial charge in [-0.3, -0.25) is 9.69 Å². The SMILES string of the molecule is N#Cc1cccc(CN2CC[C@@H]3NC(=O)CC[C@@H]32)c1. The molecule has 98 valence electrons. The van der Waals surface area contributed by atoms with E-state index in [1.807, 2.05) is 18.2 Å². The fraction of sp³-hybridized carbons (Fsp3) is 0.467. The molecule has 2 saturated heterocycles. The number of fused-ring (bicyclic) bond motifs is 1. The lowest BCUT2D eigenvalue weighted by molar-refractivity contribution is -0.124. The Labute approximate surface area is 113 Å². The third-order valence-electron chi connectivity index (χ3n) is 4.12. The Kier molecular flexibility index (Phi) is 3.22. The summed E-state index contributed by atoms with van der Waals surface area (Å²) < 4.78 is 0. The van der Waals surface area contributed by atoms with Gasteiger partial charge in [-0.15, -0.1) is 0 Å². The Morgan fingerprint density at radius 3 is 3.16 bits per heavy atom. The first-order valence-electron chi connectivity index (χ1n) is 6.79. The smallest absolute Gasteiger partial charge is 0.220 e. The first-order chi connectivity index (χ1) is 9.26. The Morgan fingerprint density at radius 2 is 2.32 bits per heavy atom. The summed E-state index contributed by atoms with van der Waals surface area (Å²) in [5, 5.41) is 12.0. The molecule has 0 radical (unpaired) electrons. The second kappa shape index (κ2) is 5.02. The number of carbonyl (C=O) groups is 1. The number of rotatable bonds is 2. The van der Waals surface area contributed by atoms with E-state index in [4.69, 9.17) is 5.26 Å². The predicted molar refractivity (Wildman–Crippen MR) is 71.1 cm³/mol. The van der Waals surface area contributed by atoms with E-state index in [1.54, 1.807) is 0 Å². The molecule has 1 amide bonds. The topological polar surface area (TPSA) is 56.1 Å². The van der Waals surface area contributed by atoms with Crippen LogP contribution < -0.4 is 5.32 Å². The Balaban J connectivity index is 1.70. The lowest BCUT2D eigenvalue weighted by atomic mass is 9.98. The summed E-state index contributed by atoms with van der Waals surface area (Å²) in [6.07, 6.45) is 2.62. The van der Waals surface area contributed by atoms with E-state index >= 15 is 0 Å². The van der Waals surface area contributed by atoms with Crippen molar-refractivity contribution in [3.05, 3.63) is 35.4 Å².